The minimum atomic E-state index is 0.519. The summed E-state index contributed by atoms with van der Waals surface area (Å²) in [6.07, 6.45) is 3.89. The maximum atomic E-state index is 4.43. The molecule has 1 aliphatic rings. The number of nitrogens with zero attached hydrogens (tertiary/aromatic N) is 3. The Morgan fingerprint density at radius 1 is 1.43 bits per heavy atom. The van der Waals surface area contributed by atoms with Gasteiger partial charge in [0.25, 0.3) is 0 Å². The van der Waals surface area contributed by atoms with E-state index in [1.54, 1.807) is 0 Å². The number of likely N-dealkylation sites (N-methyl/N-ethyl adjacent to an activating group) is 2. The van der Waals surface area contributed by atoms with E-state index in [9.17, 15) is 0 Å². The highest BCUT2D eigenvalue weighted by Crippen LogP contribution is 2.24. The van der Waals surface area contributed by atoms with Crippen molar-refractivity contribution in [3.63, 3.8) is 0 Å². The van der Waals surface area contributed by atoms with Gasteiger partial charge in [0.05, 0.1) is 0 Å². The Morgan fingerprint density at radius 3 is 2.79 bits per heavy atom. The van der Waals surface area contributed by atoms with Crippen molar-refractivity contribution in [2.24, 2.45) is 7.05 Å². The predicted molar refractivity (Wildman–Crippen MR) is 56.3 cm³/mol. The Hall–Kier alpha value is -0.870. The minimum Gasteiger partial charge on any atom is -0.338 e. The molecule has 1 N–H and O–H groups in total. The quantitative estimate of drug-likeness (QED) is 0.721. The fourth-order valence-corrected chi connectivity index (χ4v) is 2.29. The van der Waals surface area contributed by atoms with Crippen molar-refractivity contribution in [1.82, 2.24) is 19.8 Å². The lowest BCUT2D eigenvalue weighted by molar-refractivity contribution is 0.401. The van der Waals surface area contributed by atoms with E-state index in [2.05, 4.69) is 33.9 Å². The van der Waals surface area contributed by atoms with Crippen LogP contribution in [0.2, 0.25) is 0 Å². The van der Waals surface area contributed by atoms with Crippen molar-refractivity contribution in [3.05, 3.63) is 18.2 Å². The van der Waals surface area contributed by atoms with Gasteiger partial charge in [-0.1, -0.05) is 0 Å². The fourth-order valence-electron chi connectivity index (χ4n) is 2.29. The molecule has 2 heterocycles. The Morgan fingerprint density at radius 2 is 2.21 bits per heavy atom. The Kier molecular flexibility index (Phi) is 2.56. The Bertz CT molecular complexity index is 307. The van der Waals surface area contributed by atoms with Crippen LogP contribution in [0, 0.1) is 0 Å². The van der Waals surface area contributed by atoms with Crippen molar-refractivity contribution in [2.45, 2.75) is 12.0 Å². The zero-order valence-corrected chi connectivity index (χ0v) is 9.07. The van der Waals surface area contributed by atoms with Gasteiger partial charge >= 0.3 is 0 Å². The standard InChI is InChI=1S/C10H18N4/c1-11-9-7-13(2)6-8(9)10-12-4-5-14(10)3/h4-5,8-9,11H,6-7H2,1-3H3. The monoisotopic (exact) mass is 194 g/mol. The average Bonchev–Trinajstić information content (AvgIpc) is 2.71. The van der Waals surface area contributed by atoms with Crippen LogP contribution in [0.15, 0.2) is 12.4 Å². The molecule has 4 heteroatoms. The summed E-state index contributed by atoms with van der Waals surface area (Å²) >= 11 is 0. The normalized spacial score (nSPS) is 28.5. The van der Waals surface area contributed by atoms with Gasteiger partial charge in [-0.15, -0.1) is 0 Å². The number of aryl methyl sites for hydroxylation is 1. The summed E-state index contributed by atoms with van der Waals surface area (Å²) in [4.78, 5) is 6.77. The predicted octanol–water partition coefficient (Wildman–Crippen LogP) is 0.0371. The molecular formula is C10H18N4. The highest BCUT2D eigenvalue weighted by Gasteiger charge is 2.33. The zero-order chi connectivity index (χ0) is 10.1. The zero-order valence-electron chi connectivity index (χ0n) is 9.07. The van der Waals surface area contributed by atoms with Crippen molar-refractivity contribution in [3.8, 4) is 0 Å². The van der Waals surface area contributed by atoms with Gasteiger partial charge in [-0.05, 0) is 14.1 Å². The van der Waals surface area contributed by atoms with Crippen LogP contribution >= 0.6 is 0 Å². The Labute approximate surface area is 84.9 Å². The molecule has 2 atom stereocenters. The van der Waals surface area contributed by atoms with Crippen LogP contribution in [0.1, 0.15) is 11.7 Å². The van der Waals surface area contributed by atoms with E-state index in [0.29, 0.717) is 12.0 Å². The molecule has 2 rings (SSSR count). The van der Waals surface area contributed by atoms with Crippen molar-refractivity contribution < 1.29 is 0 Å². The number of hydrogen-bond acceptors (Lipinski definition) is 3. The molecule has 14 heavy (non-hydrogen) atoms. The molecule has 0 aromatic carbocycles. The van der Waals surface area contributed by atoms with Crippen LogP contribution in [0.25, 0.3) is 0 Å². The number of likely N-dealkylation sites (tertiary alicyclic amines) is 1. The molecule has 2 unspecified atom stereocenters. The van der Waals surface area contributed by atoms with Gasteiger partial charge in [0.2, 0.25) is 0 Å². The van der Waals surface area contributed by atoms with Crippen LogP contribution in [0.5, 0.6) is 0 Å². The van der Waals surface area contributed by atoms with Crippen molar-refractivity contribution >= 4 is 0 Å². The second-order valence-corrected chi connectivity index (χ2v) is 4.12. The summed E-state index contributed by atoms with van der Waals surface area (Å²) in [5, 5.41) is 3.36. The maximum absolute atomic E-state index is 4.43. The number of hydrogen-bond donors (Lipinski definition) is 1. The number of rotatable bonds is 2. The van der Waals surface area contributed by atoms with Crippen LogP contribution < -0.4 is 5.32 Å². The molecule has 1 fully saturated rings. The summed E-state index contributed by atoms with van der Waals surface area (Å²) < 4.78 is 2.12. The second-order valence-electron chi connectivity index (χ2n) is 4.12. The second kappa shape index (κ2) is 3.71. The highest BCUT2D eigenvalue weighted by molar-refractivity contribution is 5.09. The molecule has 0 amide bonds. The van der Waals surface area contributed by atoms with Crippen LogP contribution in [-0.4, -0.2) is 47.7 Å². The van der Waals surface area contributed by atoms with Crippen molar-refractivity contribution in [1.29, 1.82) is 0 Å². The lowest BCUT2D eigenvalue weighted by atomic mass is 10.0. The topological polar surface area (TPSA) is 33.1 Å². The van der Waals surface area contributed by atoms with E-state index in [-0.39, 0.29) is 0 Å². The number of aromatic nitrogens is 2. The third kappa shape index (κ3) is 1.55. The molecule has 1 aromatic heterocycles. The van der Waals surface area contributed by atoms with Gasteiger partial charge in [0.1, 0.15) is 5.82 Å². The van der Waals surface area contributed by atoms with Gasteiger partial charge in [-0.3, -0.25) is 0 Å². The summed E-state index contributed by atoms with van der Waals surface area (Å²) in [6.45, 7) is 2.20. The van der Waals surface area contributed by atoms with Gasteiger partial charge in [0, 0.05) is 44.5 Å². The summed E-state index contributed by atoms with van der Waals surface area (Å²) in [5.74, 6) is 1.71. The van der Waals surface area contributed by atoms with E-state index >= 15 is 0 Å². The number of imidazole rings is 1. The first-order valence-corrected chi connectivity index (χ1v) is 5.05. The van der Waals surface area contributed by atoms with E-state index in [1.807, 2.05) is 19.4 Å². The lowest BCUT2D eigenvalue weighted by Crippen LogP contribution is -2.33. The lowest BCUT2D eigenvalue weighted by Gasteiger charge is -2.17. The first kappa shape index (κ1) is 9.68. The first-order valence-electron chi connectivity index (χ1n) is 5.05. The van der Waals surface area contributed by atoms with Crippen LogP contribution in [0.4, 0.5) is 0 Å². The smallest absolute Gasteiger partial charge is 0.114 e. The van der Waals surface area contributed by atoms with Crippen LogP contribution in [-0.2, 0) is 7.05 Å². The summed E-state index contributed by atoms with van der Waals surface area (Å²) in [7, 11) is 6.25. The molecule has 78 valence electrons. The molecule has 0 radical (unpaired) electrons. The van der Waals surface area contributed by atoms with Crippen molar-refractivity contribution in [2.75, 3.05) is 27.2 Å². The van der Waals surface area contributed by atoms with E-state index in [1.165, 1.54) is 5.82 Å². The molecule has 1 aromatic rings. The molecule has 0 spiro atoms. The molecular weight excluding hydrogens is 176 g/mol. The van der Waals surface area contributed by atoms with E-state index in [0.717, 1.165) is 13.1 Å². The summed E-state index contributed by atoms with van der Waals surface area (Å²) in [6, 6.07) is 0.529. The van der Waals surface area contributed by atoms with Gasteiger partial charge in [0.15, 0.2) is 0 Å². The van der Waals surface area contributed by atoms with E-state index in [4.69, 9.17) is 0 Å². The molecule has 4 nitrogen and oxygen atoms in total. The van der Waals surface area contributed by atoms with Gasteiger partial charge in [-0.2, -0.15) is 0 Å². The summed E-state index contributed by atoms with van der Waals surface area (Å²) in [5.41, 5.74) is 0. The molecule has 0 saturated carbocycles. The Balaban J connectivity index is 2.21. The van der Waals surface area contributed by atoms with Crippen LogP contribution in [0.3, 0.4) is 0 Å². The molecule has 1 aliphatic heterocycles. The van der Waals surface area contributed by atoms with Gasteiger partial charge in [-0.25, -0.2) is 4.98 Å². The molecule has 1 saturated heterocycles. The SMILES string of the molecule is CNC1CN(C)CC1c1nccn1C. The maximum Gasteiger partial charge on any atom is 0.114 e. The van der Waals surface area contributed by atoms with E-state index < -0.39 is 0 Å². The molecule has 0 bridgehead atoms. The first-order chi connectivity index (χ1) is 6.72. The third-order valence-corrected chi connectivity index (χ3v) is 3.06. The largest absolute Gasteiger partial charge is 0.338 e. The fraction of sp³-hybridized carbons (Fsp3) is 0.700. The van der Waals surface area contributed by atoms with Gasteiger partial charge < -0.3 is 14.8 Å². The third-order valence-electron chi connectivity index (χ3n) is 3.06. The molecule has 0 aliphatic carbocycles. The average molecular weight is 194 g/mol. The minimum absolute atomic E-state index is 0.519. The number of nitrogens with one attached hydrogen (secondary N) is 1. The highest BCUT2D eigenvalue weighted by atomic mass is 15.2.